The number of pyridine rings is 1. The second-order valence-corrected chi connectivity index (χ2v) is 7.22. The first-order valence-corrected chi connectivity index (χ1v) is 8.73. The van der Waals surface area contributed by atoms with Crippen molar-refractivity contribution in [1.82, 2.24) is 9.29 Å². The highest BCUT2D eigenvalue weighted by Gasteiger charge is 2.34. The van der Waals surface area contributed by atoms with Gasteiger partial charge in [-0.05, 0) is 32.4 Å². The van der Waals surface area contributed by atoms with Crippen molar-refractivity contribution in [2.24, 2.45) is 0 Å². The SMILES string of the molecule is CCCNc1cccnc1S(=O)(=O)N1CC(C)OC(C)C1. The summed E-state index contributed by atoms with van der Waals surface area (Å²) in [5.41, 5.74) is 0.561. The fourth-order valence-electron chi connectivity index (χ4n) is 2.44. The molecule has 2 rings (SSSR count). The van der Waals surface area contributed by atoms with Gasteiger partial charge in [-0.2, -0.15) is 4.31 Å². The van der Waals surface area contributed by atoms with Gasteiger partial charge in [0.25, 0.3) is 10.0 Å². The zero-order valence-electron chi connectivity index (χ0n) is 12.7. The number of nitrogens with zero attached hydrogens (tertiary/aromatic N) is 2. The molecule has 0 bridgehead atoms. The van der Waals surface area contributed by atoms with Crippen molar-refractivity contribution in [3.8, 4) is 0 Å². The van der Waals surface area contributed by atoms with E-state index in [9.17, 15) is 8.42 Å². The summed E-state index contributed by atoms with van der Waals surface area (Å²) >= 11 is 0. The Morgan fingerprint density at radius 2 is 2.05 bits per heavy atom. The van der Waals surface area contributed by atoms with E-state index in [0.29, 0.717) is 25.3 Å². The van der Waals surface area contributed by atoms with E-state index >= 15 is 0 Å². The largest absolute Gasteiger partial charge is 0.383 e. The molecule has 0 radical (unpaired) electrons. The fourth-order valence-corrected chi connectivity index (χ4v) is 4.11. The highest BCUT2D eigenvalue weighted by Crippen LogP contribution is 2.25. The second kappa shape index (κ2) is 6.72. The maximum atomic E-state index is 12.8. The quantitative estimate of drug-likeness (QED) is 0.896. The minimum Gasteiger partial charge on any atom is -0.383 e. The van der Waals surface area contributed by atoms with Crippen LogP contribution in [0, 0.1) is 0 Å². The van der Waals surface area contributed by atoms with Gasteiger partial charge in [0.1, 0.15) is 0 Å². The molecular weight excluding hydrogens is 290 g/mol. The number of aromatic nitrogens is 1. The number of nitrogens with one attached hydrogen (secondary N) is 1. The van der Waals surface area contributed by atoms with Gasteiger partial charge in [-0.1, -0.05) is 6.92 Å². The van der Waals surface area contributed by atoms with E-state index in [1.54, 1.807) is 12.1 Å². The molecule has 2 heterocycles. The summed E-state index contributed by atoms with van der Waals surface area (Å²) in [6.07, 6.45) is 2.20. The summed E-state index contributed by atoms with van der Waals surface area (Å²) in [5.74, 6) is 0. The average Bonchev–Trinajstić information content (AvgIpc) is 2.44. The number of sulfonamides is 1. The van der Waals surface area contributed by atoms with Crippen LogP contribution >= 0.6 is 0 Å². The van der Waals surface area contributed by atoms with Crippen molar-refractivity contribution in [3.05, 3.63) is 18.3 Å². The van der Waals surface area contributed by atoms with Gasteiger partial charge in [0.2, 0.25) is 0 Å². The van der Waals surface area contributed by atoms with Crippen LogP contribution in [0.5, 0.6) is 0 Å². The average molecular weight is 313 g/mol. The molecule has 0 saturated carbocycles. The number of hydrogen-bond acceptors (Lipinski definition) is 5. The molecule has 2 atom stereocenters. The van der Waals surface area contributed by atoms with Crippen LogP contribution in [0.4, 0.5) is 5.69 Å². The van der Waals surface area contributed by atoms with Crippen LogP contribution in [0.3, 0.4) is 0 Å². The Morgan fingerprint density at radius 1 is 1.38 bits per heavy atom. The Bertz CT molecular complexity index is 567. The van der Waals surface area contributed by atoms with Gasteiger partial charge in [-0.3, -0.25) is 0 Å². The lowest BCUT2D eigenvalue weighted by atomic mass is 10.3. The lowest BCUT2D eigenvalue weighted by molar-refractivity contribution is -0.0441. The number of ether oxygens (including phenoxy) is 1. The molecule has 0 aliphatic carbocycles. The van der Waals surface area contributed by atoms with Gasteiger partial charge in [0.15, 0.2) is 5.03 Å². The normalized spacial score (nSPS) is 24.0. The molecule has 0 spiro atoms. The molecule has 1 aromatic heterocycles. The third-order valence-corrected chi connectivity index (χ3v) is 5.10. The molecule has 1 aromatic rings. The molecule has 2 unspecified atom stereocenters. The maximum Gasteiger partial charge on any atom is 0.262 e. The molecule has 1 fully saturated rings. The van der Waals surface area contributed by atoms with Crippen LogP contribution in [0.2, 0.25) is 0 Å². The van der Waals surface area contributed by atoms with E-state index in [2.05, 4.69) is 10.3 Å². The predicted octanol–water partition coefficient (Wildman–Crippen LogP) is 1.70. The highest BCUT2D eigenvalue weighted by atomic mass is 32.2. The summed E-state index contributed by atoms with van der Waals surface area (Å²) in [4.78, 5) is 4.10. The van der Waals surface area contributed by atoms with Crippen LogP contribution in [-0.2, 0) is 14.8 Å². The predicted molar refractivity (Wildman–Crippen MR) is 81.8 cm³/mol. The van der Waals surface area contributed by atoms with E-state index in [0.717, 1.165) is 6.42 Å². The van der Waals surface area contributed by atoms with Crippen LogP contribution < -0.4 is 5.32 Å². The van der Waals surface area contributed by atoms with E-state index in [1.165, 1.54) is 10.5 Å². The summed E-state index contributed by atoms with van der Waals surface area (Å²) < 4.78 is 32.7. The van der Waals surface area contributed by atoms with Crippen LogP contribution in [0.25, 0.3) is 0 Å². The molecule has 21 heavy (non-hydrogen) atoms. The number of hydrogen-bond donors (Lipinski definition) is 1. The van der Waals surface area contributed by atoms with Gasteiger partial charge in [-0.25, -0.2) is 13.4 Å². The third-order valence-electron chi connectivity index (χ3n) is 3.31. The van der Waals surface area contributed by atoms with E-state index in [4.69, 9.17) is 4.74 Å². The van der Waals surface area contributed by atoms with Gasteiger partial charge in [0.05, 0.1) is 17.9 Å². The Morgan fingerprint density at radius 3 is 2.67 bits per heavy atom. The zero-order valence-corrected chi connectivity index (χ0v) is 13.6. The Balaban J connectivity index is 2.31. The zero-order chi connectivity index (χ0) is 15.5. The van der Waals surface area contributed by atoms with Crippen molar-refractivity contribution in [3.63, 3.8) is 0 Å². The molecular formula is C14H23N3O3S. The topological polar surface area (TPSA) is 71.5 Å². The lowest BCUT2D eigenvalue weighted by Gasteiger charge is -2.34. The van der Waals surface area contributed by atoms with Crippen molar-refractivity contribution >= 4 is 15.7 Å². The van der Waals surface area contributed by atoms with E-state index < -0.39 is 10.0 Å². The molecule has 6 nitrogen and oxygen atoms in total. The standard InChI is InChI=1S/C14H23N3O3S/c1-4-7-15-13-6-5-8-16-14(13)21(18,19)17-9-11(2)20-12(3)10-17/h5-6,8,11-12,15H,4,7,9-10H2,1-3H3. The summed E-state index contributed by atoms with van der Waals surface area (Å²) in [6, 6.07) is 3.49. The van der Waals surface area contributed by atoms with E-state index in [-0.39, 0.29) is 17.2 Å². The molecule has 0 aromatic carbocycles. The molecule has 0 amide bonds. The van der Waals surface area contributed by atoms with Crippen LogP contribution in [0.1, 0.15) is 27.2 Å². The minimum atomic E-state index is -3.61. The third kappa shape index (κ3) is 3.72. The molecule has 7 heteroatoms. The number of rotatable bonds is 5. The van der Waals surface area contributed by atoms with Gasteiger partial charge < -0.3 is 10.1 Å². The monoisotopic (exact) mass is 313 g/mol. The van der Waals surface area contributed by atoms with E-state index in [1.807, 2.05) is 20.8 Å². The summed E-state index contributed by atoms with van der Waals surface area (Å²) in [7, 11) is -3.61. The van der Waals surface area contributed by atoms with Crippen molar-refractivity contribution < 1.29 is 13.2 Å². The Hall–Kier alpha value is -1.18. The highest BCUT2D eigenvalue weighted by molar-refractivity contribution is 7.89. The fraction of sp³-hybridized carbons (Fsp3) is 0.643. The molecule has 118 valence electrons. The molecule has 1 aliphatic heterocycles. The Kier molecular flexibility index (Phi) is 5.18. The first kappa shape index (κ1) is 16.2. The maximum absolute atomic E-state index is 12.8. The van der Waals surface area contributed by atoms with Crippen LogP contribution in [0.15, 0.2) is 23.4 Å². The van der Waals surface area contributed by atoms with Gasteiger partial charge in [0, 0.05) is 25.8 Å². The van der Waals surface area contributed by atoms with Gasteiger partial charge >= 0.3 is 0 Å². The Labute approximate surface area is 126 Å². The lowest BCUT2D eigenvalue weighted by Crippen LogP contribution is -2.48. The molecule has 1 saturated heterocycles. The summed E-state index contributed by atoms with van der Waals surface area (Å²) in [5, 5.41) is 3.23. The van der Waals surface area contributed by atoms with Gasteiger partial charge in [-0.15, -0.1) is 0 Å². The van der Waals surface area contributed by atoms with Crippen molar-refractivity contribution in [2.75, 3.05) is 25.0 Å². The first-order chi connectivity index (χ1) is 9.95. The number of anilines is 1. The second-order valence-electron chi connectivity index (χ2n) is 5.36. The number of morpholine rings is 1. The van der Waals surface area contributed by atoms with Crippen molar-refractivity contribution in [2.45, 2.75) is 44.4 Å². The minimum absolute atomic E-state index is 0.0970. The summed E-state index contributed by atoms with van der Waals surface area (Å²) in [6.45, 7) is 7.22. The first-order valence-electron chi connectivity index (χ1n) is 7.29. The van der Waals surface area contributed by atoms with Crippen LogP contribution in [-0.4, -0.2) is 49.5 Å². The smallest absolute Gasteiger partial charge is 0.262 e. The molecule has 1 N–H and O–H groups in total. The molecule has 1 aliphatic rings. The van der Waals surface area contributed by atoms with Crippen molar-refractivity contribution in [1.29, 1.82) is 0 Å².